The molecule has 3 nitrogen and oxygen atoms in total. The molecule has 1 saturated heterocycles. The molecule has 0 aliphatic carbocycles. The van der Waals surface area contributed by atoms with Gasteiger partial charge in [-0.25, -0.2) is 0 Å². The van der Waals surface area contributed by atoms with Gasteiger partial charge in [-0.3, -0.25) is 9.78 Å². The zero-order valence-electron chi connectivity index (χ0n) is 12.2. The molecule has 2 aromatic rings. The summed E-state index contributed by atoms with van der Waals surface area (Å²) in [6.45, 7) is 0.704. The normalized spacial score (nSPS) is 18.3. The van der Waals surface area contributed by atoms with Gasteiger partial charge in [-0.15, -0.1) is 11.6 Å². The van der Waals surface area contributed by atoms with E-state index in [1.807, 2.05) is 59.5 Å². The molecule has 3 rings (SSSR count). The van der Waals surface area contributed by atoms with Crippen molar-refractivity contribution in [3.05, 3.63) is 59.9 Å². The first-order valence-corrected chi connectivity index (χ1v) is 7.85. The van der Waals surface area contributed by atoms with Crippen LogP contribution in [0, 0.1) is 5.92 Å². The Morgan fingerprint density at radius 1 is 1.23 bits per heavy atom. The SMILES string of the molecule is O=C1CC(CCl)CN1c1cccc(C=Cc2ccccn2)c1. The fourth-order valence-electron chi connectivity index (χ4n) is 2.59. The first-order valence-electron chi connectivity index (χ1n) is 7.32. The summed E-state index contributed by atoms with van der Waals surface area (Å²) in [5.74, 6) is 0.931. The Labute approximate surface area is 135 Å². The Balaban J connectivity index is 1.78. The Morgan fingerprint density at radius 3 is 2.86 bits per heavy atom. The molecule has 112 valence electrons. The smallest absolute Gasteiger partial charge is 0.227 e. The second-order valence-corrected chi connectivity index (χ2v) is 5.72. The van der Waals surface area contributed by atoms with Crippen molar-refractivity contribution in [2.24, 2.45) is 5.92 Å². The summed E-state index contributed by atoms with van der Waals surface area (Å²) in [7, 11) is 0. The first-order chi connectivity index (χ1) is 10.8. The molecule has 2 heterocycles. The summed E-state index contributed by atoms with van der Waals surface area (Å²) in [4.78, 5) is 18.2. The minimum absolute atomic E-state index is 0.150. The van der Waals surface area contributed by atoms with E-state index in [0.29, 0.717) is 18.8 Å². The van der Waals surface area contributed by atoms with E-state index in [1.165, 1.54) is 0 Å². The molecule has 22 heavy (non-hydrogen) atoms. The van der Waals surface area contributed by atoms with Gasteiger partial charge in [-0.05, 0) is 41.8 Å². The van der Waals surface area contributed by atoms with E-state index in [-0.39, 0.29) is 11.8 Å². The van der Waals surface area contributed by atoms with Crippen LogP contribution in [-0.4, -0.2) is 23.3 Å². The lowest BCUT2D eigenvalue weighted by atomic mass is 10.1. The summed E-state index contributed by atoms with van der Waals surface area (Å²) in [5.41, 5.74) is 2.89. The molecule has 4 heteroatoms. The fourth-order valence-corrected chi connectivity index (χ4v) is 2.79. The predicted octanol–water partition coefficient (Wildman–Crippen LogP) is 3.84. The maximum atomic E-state index is 12.1. The summed E-state index contributed by atoms with van der Waals surface area (Å²) in [6, 6.07) is 13.8. The molecule has 0 radical (unpaired) electrons. The number of alkyl halides is 1. The third-order valence-corrected chi connectivity index (χ3v) is 4.18. The highest BCUT2D eigenvalue weighted by molar-refractivity contribution is 6.18. The Bertz CT molecular complexity index is 684. The Hall–Kier alpha value is -2.13. The highest BCUT2D eigenvalue weighted by Gasteiger charge is 2.29. The van der Waals surface area contributed by atoms with E-state index in [9.17, 15) is 4.79 Å². The number of rotatable bonds is 4. The predicted molar refractivity (Wildman–Crippen MR) is 90.8 cm³/mol. The molecular weight excluding hydrogens is 296 g/mol. The summed E-state index contributed by atoms with van der Waals surface area (Å²) >= 11 is 5.88. The highest BCUT2D eigenvalue weighted by atomic mass is 35.5. The zero-order valence-corrected chi connectivity index (χ0v) is 12.9. The van der Waals surface area contributed by atoms with Crippen LogP contribution < -0.4 is 4.90 Å². The maximum absolute atomic E-state index is 12.1. The zero-order chi connectivity index (χ0) is 15.4. The average molecular weight is 313 g/mol. The van der Waals surface area contributed by atoms with Crippen LogP contribution in [0.25, 0.3) is 12.2 Å². The number of pyridine rings is 1. The standard InChI is InChI=1S/C18H17ClN2O/c19-12-15-11-18(22)21(13-15)17-6-3-4-14(10-17)7-8-16-5-1-2-9-20-16/h1-10,15H,11-13H2. The lowest BCUT2D eigenvalue weighted by Crippen LogP contribution is -2.24. The van der Waals surface area contributed by atoms with Gasteiger partial charge in [0.25, 0.3) is 0 Å². The van der Waals surface area contributed by atoms with Gasteiger partial charge in [-0.2, -0.15) is 0 Å². The van der Waals surface area contributed by atoms with E-state index in [2.05, 4.69) is 4.98 Å². The molecule has 0 spiro atoms. The molecule has 0 saturated carbocycles. The van der Waals surface area contributed by atoms with E-state index in [4.69, 9.17) is 11.6 Å². The molecule has 1 aromatic heterocycles. The van der Waals surface area contributed by atoms with Crippen molar-refractivity contribution in [1.82, 2.24) is 4.98 Å². The maximum Gasteiger partial charge on any atom is 0.227 e. The molecule has 1 fully saturated rings. The number of hydrogen-bond acceptors (Lipinski definition) is 2. The van der Waals surface area contributed by atoms with Crippen molar-refractivity contribution < 1.29 is 4.79 Å². The molecule has 1 amide bonds. The third-order valence-electron chi connectivity index (χ3n) is 3.74. The van der Waals surface area contributed by atoms with Crippen LogP contribution in [0.4, 0.5) is 5.69 Å². The number of nitrogens with zero attached hydrogens (tertiary/aromatic N) is 2. The lowest BCUT2D eigenvalue weighted by Gasteiger charge is -2.16. The minimum Gasteiger partial charge on any atom is -0.312 e. The first kappa shape index (κ1) is 14.8. The second-order valence-electron chi connectivity index (χ2n) is 5.41. The van der Waals surface area contributed by atoms with Gasteiger partial charge in [0.1, 0.15) is 0 Å². The molecule has 1 aliphatic heterocycles. The molecular formula is C18H17ClN2O. The van der Waals surface area contributed by atoms with Gasteiger partial charge < -0.3 is 4.90 Å². The van der Waals surface area contributed by atoms with Gasteiger partial charge >= 0.3 is 0 Å². The molecule has 0 bridgehead atoms. The molecule has 1 aliphatic rings. The van der Waals surface area contributed by atoms with Crippen molar-refractivity contribution in [2.75, 3.05) is 17.3 Å². The number of amides is 1. The molecule has 0 N–H and O–H groups in total. The Morgan fingerprint density at radius 2 is 2.14 bits per heavy atom. The number of carbonyl (C=O) groups excluding carboxylic acids is 1. The molecule has 1 unspecified atom stereocenters. The van der Waals surface area contributed by atoms with E-state index < -0.39 is 0 Å². The van der Waals surface area contributed by atoms with E-state index in [1.54, 1.807) is 6.20 Å². The van der Waals surface area contributed by atoms with Gasteiger partial charge in [0.15, 0.2) is 0 Å². The number of anilines is 1. The monoisotopic (exact) mass is 312 g/mol. The van der Waals surface area contributed by atoms with Crippen LogP contribution in [-0.2, 0) is 4.79 Å². The van der Waals surface area contributed by atoms with Gasteiger partial charge in [0.05, 0.1) is 5.69 Å². The van der Waals surface area contributed by atoms with Crippen molar-refractivity contribution in [2.45, 2.75) is 6.42 Å². The summed E-state index contributed by atoms with van der Waals surface area (Å²) < 4.78 is 0. The van der Waals surface area contributed by atoms with E-state index >= 15 is 0 Å². The Kier molecular flexibility index (Phi) is 4.54. The molecule has 1 aromatic carbocycles. The molecule has 1 atom stereocenters. The number of aromatic nitrogens is 1. The van der Waals surface area contributed by atoms with E-state index in [0.717, 1.165) is 16.9 Å². The second kappa shape index (κ2) is 6.75. The van der Waals surface area contributed by atoms with Crippen LogP contribution in [0.1, 0.15) is 17.7 Å². The van der Waals surface area contributed by atoms with Crippen molar-refractivity contribution >= 4 is 35.3 Å². The summed E-state index contributed by atoms with van der Waals surface area (Å²) in [6.07, 6.45) is 6.28. The number of benzene rings is 1. The third kappa shape index (κ3) is 3.37. The van der Waals surface area contributed by atoms with Gasteiger partial charge in [0.2, 0.25) is 5.91 Å². The fraction of sp³-hybridized carbons (Fsp3) is 0.222. The van der Waals surface area contributed by atoms with Crippen molar-refractivity contribution in [3.63, 3.8) is 0 Å². The minimum atomic E-state index is 0.150. The summed E-state index contributed by atoms with van der Waals surface area (Å²) in [5, 5.41) is 0. The van der Waals surface area contributed by atoms with Crippen LogP contribution in [0.15, 0.2) is 48.7 Å². The van der Waals surface area contributed by atoms with Crippen LogP contribution >= 0.6 is 11.6 Å². The van der Waals surface area contributed by atoms with Crippen LogP contribution in [0.2, 0.25) is 0 Å². The van der Waals surface area contributed by atoms with Crippen LogP contribution in [0.5, 0.6) is 0 Å². The van der Waals surface area contributed by atoms with Crippen molar-refractivity contribution in [1.29, 1.82) is 0 Å². The quantitative estimate of drug-likeness (QED) is 0.804. The largest absolute Gasteiger partial charge is 0.312 e. The number of halogens is 1. The number of hydrogen-bond donors (Lipinski definition) is 0. The lowest BCUT2D eigenvalue weighted by molar-refractivity contribution is -0.117. The average Bonchev–Trinajstić information content (AvgIpc) is 2.95. The van der Waals surface area contributed by atoms with Gasteiger partial charge in [-0.1, -0.05) is 24.3 Å². The van der Waals surface area contributed by atoms with Crippen molar-refractivity contribution in [3.8, 4) is 0 Å². The topological polar surface area (TPSA) is 33.2 Å². The van der Waals surface area contributed by atoms with Crippen LogP contribution in [0.3, 0.4) is 0 Å². The van der Waals surface area contributed by atoms with Gasteiger partial charge in [0, 0.05) is 30.7 Å². The number of carbonyl (C=O) groups is 1. The highest BCUT2D eigenvalue weighted by Crippen LogP contribution is 2.26.